The van der Waals surface area contributed by atoms with Crippen LogP contribution in [0.4, 0.5) is 0 Å². The van der Waals surface area contributed by atoms with E-state index >= 15 is 0 Å². The van der Waals surface area contributed by atoms with E-state index in [0.29, 0.717) is 0 Å². The molecule has 2 aromatic rings. The van der Waals surface area contributed by atoms with Crippen LogP contribution in [0, 0.1) is 11.3 Å². The summed E-state index contributed by atoms with van der Waals surface area (Å²) < 4.78 is 0. The molecule has 26 heavy (non-hydrogen) atoms. The molecular weight excluding hydrogens is 675 g/mol. The van der Waals surface area contributed by atoms with Crippen LogP contribution >= 0.6 is 0 Å². The topological polar surface area (TPSA) is 56.1 Å². The zero-order valence-corrected chi connectivity index (χ0v) is 19.7. The van der Waals surface area contributed by atoms with Gasteiger partial charge in [-0.3, -0.25) is 9.97 Å². The van der Waals surface area contributed by atoms with Crippen LogP contribution < -0.4 is 4.70 Å². The van der Waals surface area contributed by atoms with Crippen molar-refractivity contribution in [2.24, 2.45) is 0 Å². The Labute approximate surface area is 197 Å². The van der Waals surface area contributed by atoms with Crippen molar-refractivity contribution in [3.05, 3.63) is 72.6 Å². The van der Waals surface area contributed by atoms with Crippen molar-refractivity contribution in [3.63, 3.8) is 0 Å². The normalized spacial score (nSPS) is 10.6. The summed E-state index contributed by atoms with van der Waals surface area (Å²) in [6, 6.07) is 13.8. The van der Waals surface area contributed by atoms with Gasteiger partial charge in [-0.1, -0.05) is 12.1 Å². The third kappa shape index (κ3) is 11.0. The third-order valence-electron chi connectivity index (χ3n) is 3.03. The van der Waals surface area contributed by atoms with E-state index in [1.54, 1.807) is 6.07 Å². The number of rotatable bonds is 4. The second kappa shape index (κ2) is 17.5. The minimum absolute atomic E-state index is 0. The molecule has 1 aliphatic heterocycles. The first-order valence-electron chi connectivity index (χ1n) is 7.09. The molecule has 0 amide bonds. The monoisotopic (exact) mass is 693 g/mol. The fourth-order valence-electron chi connectivity index (χ4n) is 2.12. The molecule has 9 heteroatoms. The van der Waals surface area contributed by atoms with Crippen molar-refractivity contribution in [2.45, 2.75) is 20.0 Å². The molecular formula is C17H19AuCuFN5Sb+6. The summed E-state index contributed by atoms with van der Waals surface area (Å²) >= 11 is 0. The van der Waals surface area contributed by atoms with Crippen LogP contribution in [0.1, 0.15) is 18.3 Å². The van der Waals surface area contributed by atoms with Gasteiger partial charge >= 0.3 is 41.5 Å². The Morgan fingerprint density at radius 3 is 1.65 bits per heavy atom. The zero-order chi connectivity index (χ0) is 15.6. The van der Waals surface area contributed by atoms with Crippen molar-refractivity contribution in [1.29, 1.82) is 5.26 Å². The van der Waals surface area contributed by atoms with Gasteiger partial charge in [-0.25, -0.2) is 0 Å². The average molecular weight is 695 g/mol. The summed E-state index contributed by atoms with van der Waals surface area (Å²) in [5.74, 6) is 0. The van der Waals surface area contributed by atoms with Crippen LogP contribution in [0.3, 0.4) is 0 Å². The van der Waals surface area contributed by atoms with Crippen molar-refractivity contribution in [3.8, 4) is 6.07 Å². The van der Waals surface area contributed by atoms with E-state index in [-0.39, 0.29) is 68.6 Å². The van der Waals surface area contributed by atoms with Crippen molar-refractivity contribution >= 4 is 24.4 Å². The van der Waals surface area contributed by atoms with E-state index < -0.39 is 0 Å². The number of aromatic nitrogens is 2. The third-order valence-corrected chi connectivity index (χ3v) is 3.03. The number of hydrogen-bond donors (Lipinski definition) is 0. The van der Waals surface area contributed by atoms with Crippen LogP contribution in [0.25, 0.3) is 0 Å². The fourth-order valence-corrected chi connectivity index (χ4v) is 2.12. The first-order chi connectivity index (χ1) is 10.8. The molecule has 2 aromatic heterocycles. The molecule has 0 bridgehead atoms. The average Bonchev–Trinajstić information content (AvgIpc) is 2.97. The Bertz CT molecular complexity index is 593. The van der Waals surface area contributed by atoms with E-state index in [0.717, 1.165) is 31.1 Å². The predicted octanol–water partition coefficient (Wildman–Crippen LogP) is -0.629. The second-order valence-corrected chi connectivity index (χ2v) is 4.80. The van der Waals surface area contributed by atoms with Gasteiger partial charge in [0.2, 0.25) is 0 Å². The van der Waals surface area contributed by atoms with Gasteiger partial charge in [0.15, 0.2) is 0 Å². The van der Waals surface area contributed by atoms with E-state index in [9.17, 15) is 0 Å². The van der Waals surface area contributed by atoms with Gasteiger partial charge in [0, 0.05) is 54.1 Å². The van der Waals surface area contributed by atoms with Gasteiger partial charge < -0.3 is 14.5 Å². The molecule has 0 aromatic carbocycles. The van der Waals surface area contributed by atoms with Crippen molar-refractivity contribution in [2.75, 3.05) is 6.67 Å². The summed E-state index contributed by atoms with van der Waals surface area (Å²) in [6.45, 7) is 4.00. The summed E-state index contributed by atoms with van der Waals surface area (Å²) in [4.78, 5) is 13.2. The smallest absolute Gasteiger partial charge is 1.00 e. The quantitative estimate of drug-likeness (QED) is 0.400. The van der Waals surface area contributed by atoms with E-state index in [1.807, 2.05) is 36.7 Å². The second-order valence-electron chi connectivity index (χ2n) is 4.80. The molecule has 3 heterocycles. The van der Waals surface area contributed by atoms with E-state index in [1.165, 1.54) is 6.92 Å². The summed E-state index contributed by atoms with van der Waals surface area (Å²) in [5.41, 5.74) is 2.18. The predicted molar refractivity (Wildman–Crippen MR) is 90.6 cm³/mol. The summed E-state index contributed by atoms with van der Waals surface area (Å²) in [7, 11) is 0. The minimum atomic E-state index is 0. The molecule has 5 nitrogen and oxygen atoms in total. The standard InChI is InChI=1S/C15H16N4.C2H3N.Au.Cu.FH.Sb/c1-3-7-16-14(5-1)11-18-9-10-19(13-18)12-15-6-2-4-8-17-15;1-2-3;;;;/h1-10H,11-13H2;1H3;;;1H;/q;;;+2;;+5/p-1. The molecule has 0 aliphatic carbocycles. The molecule has 0 saturated carbocycles. The number of pyridine rings is 2. The van der Waals surface area contributed by atoms with Crippen LogP contribution in [-0.4, -0.2) is 50.9 Å². The molecule has 1 aliphatic rings. The molecule has 0 N–H and O–H groups in total. The summed E-state index contributed by atoms with van der Waals surface area (Å²) in [5, 5.41) is 7.32. The minimum Gasteiger partial charge on any atom is -1.00 e. The van der Waals surface area contributed by atoms with Crippen LogP contribution in [0.15, 0.2) is 61.2 Å². The van der Waals surface area contributed by atoms with Crippen molar-refractivity contribution < 1.29 is 44.2 Å². The molecule has 0 unspecified atom stereocenters. The Morgan fingerprint density at radius 2 is 1.35 bits per heavy atom. The van der Waals surface area contributed by atoms with Gasteiger partial charge in [-0.15, -0.1) is 0 Å². The molecule has 140 valence electrons. The Balaban J connectivity index is -0.000000710. The van der Waals surface area contributed by atoms with Crippen LogP contribution in [0.2, 0.25) is 0 Å². The maximum absolute atomic E-state index is 7.32. The van der Waals surface area contributed by atoms with Crippen molar-refractivity contribution in [1.82, 2.24) is 19.8 Å². The van der Waals surface area contributed by atoms with Gasteiger partial charge in [-0.05, 0) is 24.3 Å². The van der Waals surface area contributed by atoms with Crippen LogP contribution in [-0.2, 0) is 52.5 Å². The largest absolute Gasteiger partial charge is 5.00 e. The molecule has 0 atom stereocenters. The Morgan fingerprint density at radius 1 is 0.962 bits per heavy atom. The van der Waals surface area contributed by atoms with Gasteiger partial charge in [-0.2, -0.15) is 5.26 Å². The number of hydrogen-bond acceptors (Lipinski definition) is 5. The fraction of sp³-hybridized carbons (Fsp3) is 0.235. The van der Waals surface area contributed by atoms with E-state index in [4.69, 9.17) is 5.26 Å². The van der Waals surface area contributed by atoms with E-state index in [2.05, 4.69) is 44.3 Å². The first kappa shape index (κ1) is 29.9. The maximum atomic E-state index is 7.32. The van der Waals surface area contributed by atoms with Gasteiger partial charge in [0.25, 0.3) is 0 Å². The molecule has 2 radical (unpaired) electrons. The summed E-state index contributed by atoms with van der Waals surface area (Å²) in [6.07, 6.45) is 7.89. The van der Waals surface area contributed by atoms with Gasteiger partial charge in [0.05, 0.1) is 37.2 Å². The van der Waals surface area contributed by atoms with Crippen LogP contribution in [0.5, 0.6) is 0 Å². The SMILES string of the molecule is C1=CN(Cc2ccccn2)CN1Cc1ccccn1.CC#N.[Au].[Cu+2].[F-].[Sb+5]. The molecule has 0 saturated heterocycles. The molecule has 0 fully saturated rings. The number of halogens is 1. The number of nitrogens with zero attached hydrogens (tertiary/aromatic N) is 5. The van der Waals surface area contributed by atoms with Gasteiger partial charge in [0.1, 0.15) is 0 Å². The zero-order valence-electron chi connectivity index (χ0n) is 14.1. The number of nitriles is 1. The Kier molecular flexibility index (Phi) is 20.2. The molecule has 3 rings (SSSR count). The molecule has 0 spiro atoms. The maximum Gasteiger partial charge on any atom is 5.00 e. The first-order valence-corrected chi connectivity index (χ1v) is 7.09. The Hall–Kier alpha value is -0.862.